The molecule has 1 aliphatic rings. The Balaban J connectivity index is 1.37. The molecule has 0 spiro atoms. The van der Waals surface area contributed by atoms with Crippen molar-refractivity contribution in [1.82, 2.24) is 34.8 Å². The van der Waals surface area contributed by atoms with Gasteiger partial charge in [0.2, 0.25) is 11.5 Å². The molecule has 0 bridgehead atoms. The van der Waals surface area contributed by atoms with Crippen molar-refractivity contribution in [2.75, 3.05) is 18.9 Å². The van der Waals surface area contributed by atoms with E-state index in [-0.39, 0.29) is 18.1 Å². The normalized spacial score (nSPS) is 18.0. The number of carbonyl (C=O) groups excluding carboxylic acids is 1. The summed E-state index contributed by atoms with van der Waals surface area (Å²) in [7, 11) is 1.61. The van der Waals surface area contributed by atoms with Gasteiger partial charge in [-0.05, 0) is 18.2 Å². The van der Waals surface area contributed by atoms with E-state index in [0.717, 1.165) is 4.68 Å². The molecule has 1 atom stereocenters. The minimum absolute atomic E-state index is 0.0648. The Hall–Kier alpha value is -4.26. The zero-order chi connectivity index (χ0) is 24.6. The molecule has 0 aromatic carbocycles. The van der Waals surface area contributed by atoms with E-state index in [0.29, 0.717) is 35.0 Å². The number of anilines is 2. The van der Waals surface area contributed by atoms with Gasteiger partial charge in [-0.3, -0.25) is 9.48 Å². The summed E-state index contributed by atoms with van der Waals surface area (Å²) in [6, 6.07) is 8.41. The number of halogens is 2. The molecule has 1 fully saturated rings. The van der Waals surface area contributed by atoms with Gasteiger partial charge in [-0.15, -0.1) is 0 Å². The standard InChI is InChI=1S/C22H20F2N8O3/c1-31-8-6-22(34,20(31)33)18-9-17(30-35-18)15-4-2-3-14(28-15)16-5-7-25-21(29-16)27-13-10-26-32(11-13)12-19(23)24/h2-5,7,9-11,19,34H,6,8,12H2,1H3,(H,25,27,29)/t22-/m1/s1. The van der Waals surface area contributed by atoms with E-state index in [4.69, 9.17) is 4.52 Å². The van der Waals surface area contributed by atoms with Crippen molar-refractivity contribution in [2.24, 2.45) is 0 Å². The molecule has 5 heterocycles. The number of likely N-dealkylation sites (N-methyl/N-ethyl adjacent to an activating group) is 1. The van der Waals surface area contributed by atoms with Gasteiger partial charge < -0.3 is 19.8 Å². The lowest BCUT2D eigenvalue weighted by Gasteiger charge is -2.16. The first-order valence-electron chi connectivity index (χ1n) is 10.7. The maximum Gasteiger partial charge on any atom is 0.262 e. The summed E-state index contributed by atoms with van der Waals surface area (Å²) in [5.74, 6) is -0.140. The Kier molecular flexibility index (Phi) is 5.68. The Morgan fingerprint density at radius 1 is 1.20 bits per heavy atom. The number of nitrogens with one attached hydrogen (secondary N) is 1. The second-order valence-electron chi connectivity index (χ2n) is 8.05. The molecule has 5 rings (SSSR count). The molecule has 4 aromatic heterocycles. The van der Waals surface area contributed by atoms with E-state index in [1.807, 2.05) is 0 Å². The average Bonchev–Trinajstić information content (AvgIpc) is 3.57. The van der Waals surface area contributed by atoms with E-state index in [9.17, 15) is 18.7 Å². The van der Waals surface area contributed by atoms with Gasteiger partial charge in [-0.1, -0.05) is 11.2 Å². The number of likely N-dealkylation sites (tertiary alicyclic amines) is 1. The SMILES string of the molecule is CN1CC[C@@](O)(c2cc(-c3cccc(-c4ccnc(Nc5cnn(CC(F)F)c5)n4)n3)no2)C1=O. The van der Waals surface area contributed by atoms with Crippen LogP contribution in [-0.4, -0.2) is 65.8 Å². The molecule has 0 saturated carbocycles. The molecule has 0 aliphatic carbocycles. The third-order valence-electron chi connectivity index (χ3n) is 5.57. The lowest BCUT2D eigenvalue weighted by Crippen LogP contribution is -2.35. The minimum Gasteiger partial charge on any atom is -0.373 e. The Bertz CT molecular complexity index is 1370. The number of pyridine rings is 1. The second-order valence-corrected chi connectivity index (χ2v) is 8.05. The van der Waals surface area contributed by atoms with Crippen LogP contribution in [0.15, 0.2) is 53.4 Å². The number of alkyl halides is 2. The summed E-state index contributed by atoms with van der Waals surface area (Å²) in [5.41, 5.74) is 0.552. The maximum absolute atomic E-state index is 12.5. The topological polar surface area (TPSA) is 135 Å². The molecule has 0 unspecified atom stereocenters. The number of aliphatic hydroxyl groups is 1. The van der Waals surface area contributed by atoms with Gasteiger partial charge in [0, 0.05) is 38.5 Å². The van der Waals surface area contributed by atoms with E-state index >= 15 is 0 Å². The van der Waals surface area contributed by atoms with E-state index < -0.39 is 24.5 Å². The highest BCUT2D eigenvalue weighted by molar-refractivity contribution is 5.87. The fourth-order valence-corrected chi connectivity index (χ4v) is 3.75. The maximum atomic E-state index is 12.5. The van der Waals surface area contributed by atoms with Crippen LogP contribution in [0.2, 0.25) is 0 Å². The molecule has 13 heteroatoms. The highest BCUT2D eigenvalue weighted by Gasteiger charge is 2.48. The first kappa shape index (κ1) is 22.5. The van der Waals surface area contributed by atoms with Crippen LogP contribution in [-0.2, 0) is 16.9 Å². The van der Waals surface area contributed by atoms with Crippen LogP contribution in [0.1, 0.15) is 12.2 Å². The summed E-state index contributed by atoms with van der Waals surface area (Å²) in [6.45, 7) is -0.0957. The molecule has 35 heavy (non-hydrogen) atoms. The van der Waals surface area contributed by atoms with Crippen molar-refractivity contribution < 1.29 is 23.2 Å². The minimum atomic E-state index is -2.51. The summed E-state index contributed by atoms with van der Waals surface area (Å²) < 4.78 is 31.5. The number of hydrogen-bond acceptors (Lipinski definition) is 9. The number of amides is 1. The monoisotopic (exact) mass is 482 g/mol. The molecule has 4 aromatic rings. The van der Waals surface area contributed by atoms with Crippen molar-refractivity contribution >= 4 is 17.5 Å². The lowest BCUT2D eigenvalue weighted by molar-refractivity contribution is -0.144. The van der Waals surface area contributed by atoms with Crippen molar-refractivity contribution in [3.05, 3.63) is 54.7 Å². The molecular formula is C22H20F2N8O3. The number of aromatic nitrogens is 6. The molecule has 1 amide bonds. The lowest BCUT2D eigenvalue weighted by atomic mass is 9.98. The fraction of sp³-hybridized carbons (Fsp3) is 0.273. The molecule has 0 radical (unpaired) electrons. The third kappa shape index (κ3) is 4.45. The third-order valence-corrected chi connectivity index (χ3v) is 5.57. The first-order valence-corrected chi connectivity index (χ1v) is 10.7. The van der Waals surface area contributed by atoms with Crippen LogP contribution in [0.4, 0.5) is 20.4 Å². The molecule has 1 saturated heterocycles. The van der Waals surface area contributed by atoms with Gasteiger partial charge in [-0.25, -0.2) is 23.7 Å². The highest BCUT2D eigenvalue weighted by Crippen LogP contribution is 2.34. The van der Waals surface area contributed by atoms with E-state index in [1.165, 1.54) is 29.6 Å². The molecule has 1 aliphatic heterocycles. The van der Waals surface area contributed by atoms with Crippen LogP contribution >= 0.6 is 0 Å². The number of hydrogen-bond donors (Lipinski definition) is 2. The zero-order valence-corrected chi connectivity index (χ0v) is 18.5. The summed E-state index contributed by atoms with van der Waals surface area (Å²) in [6.07, 6.45) is 2.07. The van der Waals surface area contributed by atoms with Crippen LogP contribution in [0.3, 0.4) is 0 Å². The van der Waals surface area contributed by atoms with Gasteiger partial charge >= 0.3 is 0 Å². The Labute approximate surface area is 197 Å². The molecule has 11 nitrogen and oxygen atoms in total. The first-order chi connectivity index (χ1) is 16.8. The fourth-order valence-electron chi connectivity index (χ4n) is 3.75. The van der Waals surface area contributed by atoms with Crippen LogP contribution < -0.4 is 5.32 Å². The average molecular weight is 482 g/mol. The molecule has 180 valence electrons. The van der Waals surface area contributed by atoms with Gasteiger partial charge in [-0.2, -0.15) is 5.10 Å². The number of carbonyl (C=O) groups is 1. The van der Waals surface area contributed by atoms with Gasteiger partial charge in [0.05, 0.1) is 29.0 Å². The van der Waals surface area contributed by atoms with Gasteiger partial charge in [0.1, 0.15) is 12.2 Å². The van der Waals surface area contributed by atoms with Crippen LogP contribution in [0.5, 0.6) is 0 Å². The quantitative estimate of drug-likeness (QED) is 0.407. The summed E-state index contributed by atoms with van der Waals surface area (Å²) in [5, 5.41) is 21.6. The Morgan fingerprint density at radius 3 is 2.71 bits per heavy atom. The number of rotatable bonds is 7. The van der Waals surface area contributed by atoms with Crippen molar-refractivity contribution in [3.8, 4) is 22.8 Å². The van der Waals surface area contributed by atoms with Gasteiger partial charge in [0.25, 0.3) is 12.3 Å². The zero-order valence-electron chi connectivity index (χ0n) is 18.5. The van der Waals surface area contributed by atoms with Gasteiger partial charge in [0.15, 0.2) is 5.76 Å². The largest absolute Gasteiger partial charge is 0.373 e. The second kappa shape index (κ2) is 8.83. The van der Waals surface area contributed by atoms with E-state index in [2.05, 4.69) is 30.5 Å². The van der Waals surface area contributed by atoms with E-state index in [1.54, 1.807) is 31.3 Å². The van der Waals surface area contributed by atoms with Crippen molar-refractivity contribution in [2.45, 2.75) is 25.0 Å². The molecule has 2 N–H and O–H groups in total. The Morgan fingerprint density at radius 2 is 1.97 bits per heavy atom. The predicted octanol–water partition coefficient (Wildman–Crippen LogP) is 2.45. The number of nitrogens with zero attached hydrogens (tertiary/aromatic N) is 7. The summed E-state index contributed by atoms with van der Waals surface area (Å²) >= 11 is 0. The smallest absolute Gasteiger partial charge is 0.262 e. The molecular weight excluding hydrogens is 462 g/mol. The van der Waals surface area contributed by atoms with Crippen LogP contribution in [0.25, 0.3) is 22.8 Å². The summed E-state index contributed by atoms with van der Waals surface area (Å²) in [4.78, 5) is 26.9. The van der Waals surface area contributed by atoms with Crippen LogP contribution in [0, 0.1) is 0 Å². The predicted molar refractivity (Wildman–Crippen MR) is 118 cm³/mol. The van der Waals surface area contributed by atoms with Crippen molar-refractivity contribution in [3.63, 3.8) is 0 Å². The highest BCUT2D eigenvalue weighted by atomic mass is 19.3. The van der Waals surface area contributed by atoms with Crippen molar-refractivity contribution in [1.29, 1.82) is 0 Å².